The van der Waals surface area contributed by atoms with Gasteiger partial charge in [0, 0.05) is 19.1 Å². The fraction of sp³-hybridized carbons (Fsp3) is 0.900. The molecule has 5 nitrogen and oxygen atoms in total. The minimum absolute atomic E-state index is 0.232. The van der Waals surface area contributed by atoms with Crippen molar-refractivity contribution in [1.82, 2.24) is 4.90 Å². The highest BCUT2D eigenvalue weighted by Crippen LogP contribution is 2.39. The smallest absolute Gasteiger partial charge is 0.313 e. The van der Waals surface area contributed by atoms with Crippen LogP contribution < -0.4 is 5.73 Å². The number of rotatable bonds is 1. The second-order valence-corrected chi connectivity index (χ2v) is 4.53. The highest BCUT2D eigenvalue weighted by atomic mass is 16.5. The van der Waals surface area contributed by atoms with Crippen molar-refractivity contribution in [3.8, 4) is 0 Å². The van der Waals surface area contributed by atoms with Gasteiger partial charge in [0.1, 0.15) is 5.92 Å². The molecule has 5 heteroatoms. The molecule has 0 aromatic rings. The van der Waals surface area contributed by atoms with Gasteiger partial charge in [0.25, 0.3) is 0 Å². The average molecular weight is 214 g/mol. The Hall–Kier alpha value is -0.650. The molecule has 3 unspecified atom stereocenters. The molecular weight excluding hydrogens is 196 g/mol. The fourth-order valence-electron chi connectivity index (χ4n) is 2.72. The number of methoxy groups -OCH3 is 1. The Morgan fingerprint density at radius 2 is 2.40 bits per heavy atom. The largest absolute Gasteiger partial charge is 0.469 e. The Labute approximate surface area is 89.5 Å². The molecule has 0 saturated carbocycles. The summed E-state index contributed by atoms with van der Waals surface area (Å²) >= 11 is 0. The first-order chi connectivity index (χ1) is 7.09. The molecule has 2 fully saturated rings. The zero-order chi connectivity index (χ0) is 11.1. The van der Waals surface area contributed by atoms with Crippen molar-refractivity contribution in [1.29, 1.82) is 0 Å². The summed E-state index contributed by atoms with van der Waals surface area (Å²) in [4.78, 5) is 13.9. The van der Waals surface area contributed by atoms with Gasteiger partial charge in [-0.25, -0.2) is 0 Å². The maximum absolute atomic E-state index is 11.7. The Morgan fingerprint density at radius 3 is 2.93 bits per heavy atom. The van der Waals surface area contributed by atoms with Crippen molar-refractivity contribution in [2.45, 2.75) is 18.1 Å². The van der Waals surface area contributed by atoms with Crippen LogP contribution in [-0.4, -0.2) is 56.4 Å². The van der Waals surface area contributed by atoms with Gasteiger partial charge in [-0.05, 0) is 13.5 Å². The van der Waals surface area contributed by atoms with Crippen molar-refractivity contribution >= 4 is 5.97 Å². The van der Waals surface area contributed by atoms with Crippen molar-refractivity contribution < 1.29 is 14.3 Å². The number of carbonyl (C=O) groups excluding carboxylic acids is 1. The van der Waals surface area contributed by atoms with Crippen LogP contribution in [-0.2, 0) is 14.3 Å². The Morgan fingerprint density at radius 1 is 1.67 bits per heavy atom. The molecule has 3 atom stereocenters. The zero-order valence-corrected chi connectivity index (χ0v) is 9.23. The molecule has 0 aromatic heterocycles. The summed E-state index contributed by atoms with van der Waals surface area (Å²) in [5, 5.41) is 0. The molecule has 0 amide bonds. The van der Waals surface area contributed by atoms with Gasteiger partial charge in [0.15, 0.2) is 0 Å². The molecule has 0 aromatic carbocycles. The second kappa shape index (κ2) is 3.73. The van der Waals surface area contributed by atoms with Crippen LogP contribution in [0.15, 0.2) is 0 Å². The summed E-state index contributed by atoms with van der Waals surface area (Å²) in [7, 11) is 3.43. The van der Waals surface area contributed by atoms with Gasteiger partial charge >= 0.3 is 5.97 Å². The summed E-state index contributed by atoms with van der Waals surface area (Å²) in [6, 6.07) is -0.232. The monoisotopic (exact) mass is 214 g/mol. The van der Waals surface area contributed by atoms with E-state index >= 15 is 0 Å². The van der Waals surface area contributed by atoms with E-state index in [0.29, 0.717) is 6.61 Å². The Bertz CT molecular complexity index is 267. The van der Waals surface area contributed by atoms with Crippen LogP contribution in [0.5, 0.6) is 0 Å². The number of hydrogen-bond donors (Lipinski definition) is 1. The minimum Gasteiger partial charge on any atom is -0.469 e. The van der Waals surface area contributed by atoms with Crippen LogP contribution in [0.1, 0.15) is 6.42 Å². The molecular formula is C10H18N2O3. The Balaban J connectivity index is 2.21. The maximum Gasteiger partial charge on any atom is 0.313 e. The molecule has 2 aliphatic rings. The van der Waals surface area contributed by atoms with Gasteiger partial charge in [0.05, 0.1) is 19.3 Å². The predicted octanol–water partition coefficient (Wildman–Crippen LogP) is -0.793. The van der Waals surface area contributed by atoms with E-state index in [-0.39, 0.29) is 17.9 Å². The lowest BCUT2D eigenvalue weighted by Gasteiger charge is -2.28. The number of likely N-dealkylation sites (N-methyl/N-ethyl adjacent to an activating group) is 1. The van der Waals surface area contributed by atoms with Crippen molar-refractivity contribution in [3.63, 3.8) is 0 Å². The third kappa shape index (κ3) is 1.64. The van der Waals surface area contributed by atoms with Gasteiger partial charge in [-0.1, -0.05) is 0 Å². The molecule has 1 spiro atoms. The first kappa shape index (κ1) is 10.9. The molecule has 0 bridgehead atoms. The predicted molar refractivity (Wildman–Crippen MR) is 54.3 cm³/mol. The van der Waals surface area contributed by atoms with Crippen molar-refractivity contribution in [2.24, 2.45) is 11.7 Å². The van der Waals surface area contributed by atoms with E-state index in [1.807, 2.05) is 7.05 Å². The van der Waals surface area contributed by atoms with E-state index < -0.39 is 5.60 Å². The third-order valence-corrected chi connectivity index (χ3v) is 3.47. The lowest BCUT2D eigenvalue weighted by molar-refractivity contribution is -0.151. The number of nitrogens with two attached hydrogens (primary N) is 1. The lowest BCUT2D eigenvalue weighted by Crippen LogP contribution is -2.47. The number of ether oxygens (including phenoxy) is 2. The van der Waals surface area contributed by atoms with E-state index in [1.165, 1.54) is 7.11 Å². The van der Waals surface area contributed by atoms with E-state index in [4.69, 9.17) is 15.2 Å². The SMILES string of the molecule is COC(=O)C1C(N)COC12CCN(C)C2. The maximum atomic E-state index is 11.7. The van der Waals surface area contributed by atoms with Gasteiger partial charge in [-0.15, -0.1) is 0 Å². The standard InChI is InChI=1S/C10H18N2O3/c1-12-4-3-10(6-12)8(9(13)14-2)7(11)5-15-10/h7-8H,3-6,11H2,1-2H3. The Kier molecular flexibility index (Phi) is 2.70. The topological polar surface area (TPSA) is 64.8 Å². The molecule has 2 rings (SSSR count). The van der Waals surface area contributed by atoms with Crippen molar-refractivity contribution in [3.05, 3.63) is 0 Å². The van der Waals surface area contributed by atoms with Crippen LogP contribution in [0, 0.1) is 5.92 Å². The zero-order valence-electron chi connectivity index (χ0n) is 9.23. The summed E-state index contributed by atoms with van der Waals surface area (Å²) in [5.41, 5.74) is 5.51. The first-order valence-electron chi connectivity index (χ1n) is 5.25. The molecule has 86 valence electrons. The summed E-state index contributed by atoms with van der Waals surface area (Å²) < 4.78 is 10.6. The average Bonchev–Trinajstić information content (AvgIpc) is 2.72. The first-order valence-corrected chi connectivity index (χ1v) is 5.25. The molecule has 0 radical (unpaired) electrons. The van der Waals surface area contributed by atoms with Crippen LogP contribution in [0.25, 0.3) is 0 Å². The summed E-state index contributed by atoms with van der Waals surface area (Å²) in [6.45, 7) is 2.16. The third-order valence-electron chi connectivity index (χ3n) is 3.47. The van der Waals surface area contributed by atoms with Crippen LogP contribution in [0.4, 0.5) is 0 Å². The molecule has 2 heterocycles. The summed E-state index contributed by atoms with van der Waals surface area (Å²) in [5.74, 6) is -0.553. The van der Waals surface area contributed by atoms with Crippen LogP contribution in [0.2, 0.25) is 0 Å². The number of esters is 1. The van der Waals surface area contributed by atoms with Gasteiger partial charge < -0.3 is 20.1 Å². The van der Waals surface area contributed by atoms with Crippen LogP contribution in [0.3, 0.4) is 0 Å². The molecule has 2 aliphatic heterocycles. The molecule has 2 N–H and O–H groups in total. The van der Waals surface area contributed by atoms with Crippen LogP contribution >= 0.6 is 0 Å². The number of likely N-dealkylation sites (tertiary alicyclic amines) is 1. The van der Waals surface area contributed by atoms with E-state index in [9.17, 15) is 4.79 Å². The highest BCUT2D eigenvalue weighted by Gasteiger charge is 2.55. The summed E-state index contributed by atoms with van der Waals surface area (Å²) in [6.07, 6.45) is 0.858. The lowest BCUT2D eigenvalue weighted by atomic mass is 9.84. The van der Waals surface area contributed by atoms with Gasteiger partial charge in [-0.2, -0.15) is 0 Å². The fourth-order valence-corrected chi connectivity index (χ4v) is 2.72. The number of hydrogen-bond acceptors (Lipinski definition) is 5. The normalized spacial score (nSPS) is 41.3. The number of carbonyl (C=O) groups is 1. The number of nitrogens with zero attached hydrogens (tertiary/aromatic N) is 1. The van der Waals surface area contributed by atoms with Gasteiger partial charge in [0.2, 0.25) is 0 Å². The highest BCUT2D eigenvalue weighted by molar-refractivity contribution is 5.75. The minimum atomic E-state index is -0.402. The van der Waals surface area contributed by atoms with Gasteiger partial charge in [-0.3, -0.25) is 4.79 Å². The molecule has 15 heavy (non-hydrogen) atoms. The van der Waals surface area contributed by atoms with E-state index in [0.717, 1.165) is 19.5 Å². The van der Waals surface area contributed by atoms with E-state index in [2.05, 4.69) is 4.90 Å². The quantitative estimate of drug-likeness (QED) is 0.579. The molecule has 0 aliphatic carbocycles. The molecule has 2 saturated heterocycles. The van der Waals surface area contributed by atoms with E-state index in [1.54, 1.807) is 0 Å². The van der Waals surface area contributed by atoms with Crippen molar-refractivity contribution in [2.75, 3.05) is 33.9 Å². The second-order valence-electron chi connectivity index (χ2n) is 4.53.